The second-order valence-corrected chi connectivity index (χ2v) is 6.08. The fourth-order valence-corrected chi connectivity index (χ4v) is 2.87. The highest BCUT2D eigenvalue weighted by Crippen LogP contribution is 2.19. The van der Waals surface area contributed by atoms with E-state index in [4.69, 9.17) is 0 Å². The second-order valence-electron chi connectivity index (χ2n) is 6.08. The third-order valence-corrected chi connectivity index (χ3v) is 4.34. The molecular formula is C16H25N3O. The summed E-state index contributed by atoms with van der Waals surface area (Å²) in [7, 11) is 0. The largest absolute Gasteiger partial charge is 0.341 e. The van der Waals surface area contributed by atoms with Crippen LogP contribution >= 0.6 is 0 Å². The van der Waals surface area contributed by atoms with Crippen molar-refractivity contribution in [2.45, 2.75) is 57.7 Å². The summed E-state index contributed by atoms with van der Waals surface area (Å²) in [6, 6.07) is 4.87. The average Bonchev–Trinajstić information content (AvgIpc) is 3.23. The molecule has 1 saturated carbocycles. The van der Waals surface area contributed by atoms with Gasteiger partial charge in [0.15, 0.2) is 0 Å². The summed E-state index contributed by atoms with van der Waals surface area (Å²) in [5, 5.41) is 3.52. The Balaban J connectivity index is 1.55. The Morgan fingerprint density at radius 2 is 1.95 bits per heavy atom. The fraction of sp³-hybridized carbons (Fsp3) is 0.688. The summed E-state index contributed by atoms with van der Waals surface area (Å²) in [6.07, 6.45) is 9.48. The second kappa shape index (κ2) is 6.44. The van der Waals surface area contributed by atoms with Crippen LogP contribution in [0.2, 0.25) is 0 Å². The standard InChI is InChI=1S/C16H25N3O/c20-16(18-9-3-1-2-4-10-18)13-19-11-5-6-15(19)12-17-14-7-8-14/h5-6,11,14,17H,1-4,7-10,12-13H2. The average molecular weight is 275 g/mol. The molecule has 20 heavy (non-hydrogen) atoms. The molecule has 1 aromatic rings. The fourth-order valence-electron chi connectivity index (χ4n) is 2.87. The molecule has 0 spiro atoms. The zero-order chi connectivity index (χ0) is 13.8. The number of aromatic nitrogens is 1. The van der Waals surface area contributed by atoms with Crippen molar-refractivity contribution in [1.82, 2.24) is 14.8 Å². The molecule has 4 nitrogen and oxygen atoms in total. The van der Waals surface area contributed by atoms with Crippen molar-refractivity contribution in [3.05, 3.63) is 24.0 Å². The molecule has 110 valence electrons. The van der Waals surface area contributed by atoms with Crippen molar-refractivity contribution in [1.29, 1.82) is 0 Å². The minimum absolute atomic E-state index is 0.274. The van der Waals surface area contributed by atoms with Gasteiger partial charge >= 0.3 is 0 Å². The lowest BCUT2D eigenvalue weighted by molar-refractivity contribution is -0.131. The molecule has 2 heterocycles. The SMILES string of the molecule is O=C(Cn1cccc1CNC1CC1)N1CCCCCC1. The van der Waals surface area contributed by atoms with E-state index in [0.29, 0.717) is 12.6 Å². The molecule has 2 aliphatic rings. The Morgan fingerprint density at radius 1 is 1.20 bits per heavy atom. The first-order valence-corrected chi connectivity index (χ1v) is 7.98. The number of nitrogens with one attached hydrogen (secondary N) is 1. The van der Waals surface area contributed by atoms with Crippen LogP contribution in [-0.2, 0) is 17.9 Å². The highest BCUT2D eigenvalue weighted by atomic mass is 16.2. The maximum atomic E-state index is 12.4. The molecule has 1 aromatic heterocycles. The van der Waals surface area contributed by atoms with Gasteiger partial charge in [0.2, 0.25) is 5.91 Å². The maximum Gasteiger partial charge on any atom is 0.242 e. The van der Waals surface area contributed by atoms with Crippen molar-refractivity contribution in [2.75, 3.05) is 13.1 Å². The third kappa shape index (κ3) is 3.63. The number of carbonyl (C=O) groups excluding carboxylic acids is 1. The summed E-state index contributed by atoms with van der Waals surface area (Å²) >= 11 is 0. The summed E-state index contributed by atoms with van der Waals surface area (Å²) in [5.41, 5.74) is 1.22. The maximum absolute atomic E-state index is 12.4. The lowest BCUT2D eigenvalue weighted by Gasteiger charge is -2.21. The smallest absolute Gasteiger partial charge is 0.242 e. The zero-order valence-electron chi connectivity index (χ0n) is 12.2. The minimum atomic E-state index is 0.274. The molecule has 0 atom stereocenters. The number of hydrogen-bond acceptors (Lipinski definition) is 2. The van der Waals surface area contributed by atoms with Crippen LogP contribution in [-0.4, -0.2) is 34.5 Å². The molecule has 0 aromatic carbocycles. The summed E-state index contributed by atoms with van der Waals surface area (Å²) in [4.78, 5) is 14.5. The van der Waals surface area contributed by atoms with Gasteiger partial charge in [0.25, 0.3) is 0 Å². The first-order valence-electron chi connectivity index (χ1n) is 7.98. The van der Waals surface area contributed by atoms with Crippen molar-refractivity contribution >= 4 is 5.91 Å². The first-order chi connectivity index (χ1) is 9.83. The van der Waals surface area contributed by atoms with Crippen LogP contribution in [0.4, 0.5) is 0 Å². The predicted octanol–water partition coefficient (Wildman–Crippen LogP) is 2.14. The number of amides is 1. The third-order valence-electron chi connectivity index (χ3n) is 4.34. The van der Waals surface area contributed by atoms with E-state index in [1.54, 1.807) is 0 Å². The quantitative estimate of drug-likeness (QED) is 0.894. The molecule has 1 aliphatic heterocycles. The summed E-state index contributed by atoms with van der Waals surface area (Å²) < 4.78 is 2.10. The molecule has 0 bridgehead atoms. The van der Waals surface area contributed by atoms with E-state index in [0.717, 1.165) is 32.5 Å². The number of rotatable bonds is 5. The molecule has 2 fully saturated rings. The van der Waals surface area contributed by atoms with E-state index >= 15 is 0 Å². The van der Waals surface area contributed by atoms with Crippen LogP contribution in [0, 0.1) is 0 Å². The van der Waals surface area contributed by atoms with Gasteiger partial charge in [-0.1, -0.05) is 12.8 Å². The van der Waals surface area contributed by atoms with Crippen molar-refractivity contribution in [2.24, 2.45) is 0 Å². The number of carbonyl (C=O) groups is 1. The van der Waals surface area contributed by atoms with E-state index in [9.17, 15) is 4.79 Å². The Labute approximate surface area is 121 Å². The molecule has 1 saturated heterocycles. The topological polar surface area (TPSA) is 37.3 Å². The molecule has 1 aliphatic carbocycles. The molecule has 1 amide bonds. The molecular weight excluding hydrogens is 250 g/mol. The molecule has 4 heteroatoms. The number of likely N-dealkylation sites (tertiary alicyclic amines) is 1. The van der Waals surface area contributed by atoms with Crippen molar-refractivity contribution < 1.29 is 4.79 Å². The van der Waals surface area contributed by atoms with Gasteiger partial charge in [-0.05, 0) is 37.8 Å². The summed E-state index contributed by atoms with van der Waals surface area (Å²) in [5.74, 6) is 0.274. The van der Waals surface area contributed by atoms with Crippen LogP contribution in [0.5, 0.6) is 0 Å². The van der Waals surface area contributed by atoms with Crippen LogP contribution < -0.4 is 5.32 Å². The lowest BCUT2D eigenvalue weighted by atomic mass is 10.2. The van der Waals surface area contributed by atoms with Gasteiger partial charge in [-0.15, -0.1) is 0 Å². The molecule has 0 unspecified atom stereocenters. The Kier molecular flexibility index (Phi) is 4.41. The lowest BCUT2D eigenvalue weighted by Crippen LogP contribution is -2.35. The minimum Gasteiger partial charge on any atom is -0.341 e. The van der Waals surface area contributed by atoms with Crippen LogP contribution in [0.3, 0.4) is 0 Å². The molecule has 1 N–H and O–H groups in total. The van der Waals surface area contributed by atoms with Gasteiger partial charge in [-0.2, -0.15) is 0 Å². The Morgan fingerprint density at radius 3 is 2.65 bits per heavy atom. The number of hydrogen-bond donors (Lipinski definition) is 1. The van der Waals surface area contributed by atoms with Gasteiger partial charge in [-0.25, -0.2) is 0 Å². The predicted molar refractivity (Wildman–Crippen MR) is 79.3 cm³/mol. The van der Waals surface area contributed by atoms with Crippen LogP contribution in [0.1, 0.15) is 44.2 Å². The zero-order valence-corrected chi connectivity index (χ0v) is 12.2. The molecule has 0 radical (unpaired) electrons. The van der Waals surface area contributed by atoms with Crippen LogP contribution in [0.25, 0.3) is 0 Å². The number of nitrogens with zero attached hydrogens (tertiary/aromatic N) is 2. The van der Waals surface area contributed by atoms with Gasteiger partial charge in [0, 0.05) is 37.6 Å². The van der Waals surface area contributed by atoms with Gasteiger partial charge < -0.3 is 14.8 Å². The normalized spacial score (nSPS) is 19.9. The highest BCUT2D eigenvalue weighted by molar-refractivity contribution is 5.76. The monoisotopic (exact) mass is 275 g/mol. The Bertz CT molecular complexity index is 442. The first kappa shape index (κ1) is 13.7. The van der Waals surface area contributed by atoms with Gasteiger partial charge in [0.05, 0.1) is 0 Å². The van der Waals surface area contributed by atoms with E-state index < -0.39 is 0 Å². The van der Waals surface area contributed by atoms with E-state index in [2.05, 4.69) is 16.0 Å². The van der Waals surface area contributed by atoms with Crippen LogP contribution in [0.15, 0.2) is 18.3 Å². The highest BCUT2D eigenvalue weighted by Gasteiger charge is 2.21. The molecule has 3 rings (SSSR count). The van der Waals surface area contributed by atoms with E-state index in [-0.39, 0.29) is 5.91 Å². The Hall–Kier alpha value is -1.29. The summed E-state index contributed by atoms with van der Waals surface area (Å²) in [6.45, 7) is 3.26. The van der Waals surface area contributed by atoms with Crippen molar-refractivity contribution in [3.8, 4) is 0 Å². The van der Waals surface area contributed by atoms with Crippen molar-refractivity contribution in [3.63, 3.8) is 0 Å². The van der Waals surface area contributed by atoms with E-state index in [1.807, 2.05) is 17.2 Å². The van der Waals surface area contributed by atoms with Gasteiger partial charge in [0.1, 0.15) is 6.54 Å². The van der Waals surface area contributed by atoms with E-state index in [1.165, 1.54) is 31.4 Å². The van der Waals surface area contributed by atoms with Gasteiger partial charge in [-0.3, -0.25) is 4.79 Å².